The van der Waals surface area contributed by atoms with Crippen molar-refractivity contribution in [3.05, 3.63) is 34.9 Å². The third-order valence-corrected chi connectivity index (χ3v) is 2.50. The Bertz CT molecular complexity index is 600. The summed E-state index contributed by atoms with van der Waals surface area (Å²) in [6, 6.07) is 4.03. The zero-order valence-electron chi connectivity index (χ0n) is 11.5. The third kappa shape index (κ3) is 4.92. The molecule has 0 unspecified atom stereocenters. The summed E-state index contributed by atoms with van der Waals surface area (Å²) in [6.45, 7) is 1.42. The Balaban J connectivity index is 0. The maximum Gasteiger partial charge on any atom is 1.00 e. The molecule has 1 N–H and O–H groups in total. The van der Waals surface area contributed by atoms with Crippen LogP contribution >= 0.6 is 0 Å². The van der Waals surface area contributed by atoms with E-state index in [1.807, 2.05) is 0 Å². The van der Waals surface area contributed by atoms with Gasteiger partial charge < -0.3 is 10.3 Å². The molecule has 0 atom stereocenters. The number of methoxy groups -OCH3 is 1. The summed E-state index contributed by atoms with van der Waals surface area (Å²) in [5.74, 6) is -1.95. The number of esters is 1. The van der Waals surface area contributed by atoms with E-state index in [9.17, 15) is 18.0 Å². The Morgan fingerprint density at radius 1 is 1.21 bits per heavy atom. The fourth-order valence-electron chi connectivity index (χ4n) is 1.33. The number of carbonyl (C=O) groups excluding carboxylic acids is 2. The van der Waals surface area contributed by atoms with Gasteiger partial charge in [-0.1, -0.05) is 6.07 Å². The molecule has 7 nitrogen and oxygen atoms in total. The van der Waals surface area contributed by atoms with E-state index < -0.39 is 22.3 Å². The molecule has 0 radical (unpaired) electrons. The van der Waals surface area contributed by atoms with Crippen molar-refractivity contribution < 1.29 is 62.5 Å². The van der Waals surface area contributed by atoms with Gasteiger partial charge in [0.1, 0.15) is 0 Å². The molecule has 0 fully saturated rings. The van der Waals surface area contributed by atoms with Gasteiger partial charge in [-0.15, -0.1) is 0 Å². The van der Waals surface area contributed by atoms with E-state index in [0.717, 1.165) is 0 Å². The molecular weight excluding hydrogens is 287 g/mol. The molecule has 0 amide bonds. The van der Waals surface area contributed by atoms with Crippen LogP contribution in [-0.4, -0.2) is 32.0 Å². The van der Waals surface area contributed by atoms with Gasteiger partial charge in [0.15, 0.2) is 0 Å². The topological polar surface area (TPSA) is 107 Å². The van der Waals surface area contributed by atoms with Crippen LogP contribution in [0.2, 0.25) is 0 Å². The second-order valence-corrected chi connectivity index (χ2v) is 4.29. The van der Waals surface area contributed by atoms with Crippen LogP contribution in [0.5, 0.6) is 0 Å². The van der Waals surface area contributed by atoms with Crippen molar-refractivity contribution in [1.29, 1.82) is 0 Å². The van der Waals surface area contributed by atoms with E-state index in [1.165, 1.54) is 32.2 Å². The van der Waals surface area contributed by atoms with Crippen LogP contribution in [0, 0.1) is 6.92 Å². The molecule has 0 heterocycles. The first-order chi connectivity index (χ1) is 8.26. The first-order valence-corrected chi connectivity index (χ1v) is 6.02. The average molecular weight is 298 g/mol. The van der Waals surface area contributed by atoms with Crippen molar-refractivity contribution in [3.63, 3.8) is 0 Å². The standard InChI is InChI=1S/C10H10O7S.Na.H/c1-6-7(9(11)16-2)4-3-5-8(6)10(12)17-18(13,14)15;;/h3-5H,1-2H3,(H,13,14,15);;/q;+1;-1. The maximum absolute atomic E-state index is 11.4. The molecule has 1 aromatic carbocycles. The molecule has 0 saturated heterocycles. The summed E-state index contributed by atoms with van der Waals surface area (Å²) in [6.07, 6.45) is 0. The Morgan fingerprint density at radius 3 is 2.11 bits per heavy atom. The van der Waals surface area contributed by atoms with Crippen LogP contribution in [0.3, 0.4) is 0 Å². The number of benzene rings is 1. The minimum Gasteiger partial charge on any atom is -1.00 e. The van der Waals surface area contributed by atoms with Gasteiger partial charge in [0.05, 0.1) is 18.2 Å². The van der Waals surface area contributed by atoms with E-state index in [2.05, 4.69) is 8.92 Å². The van der Waals surface area contributed by atoms with Crippen LogP contribution in [-0.2, 0) is 19.3 Å². The SMILES string of the molecule is COC(=O)c1cccc(C(=O)OS(=O)(=O)O)c1C.[H-].[Na+]. The average Bonchev–Trinajstić information content (AvgIpc) is 2.26. The number of rotatable bonds is 3. The quantitative estimate of drug-likeness (QED) is 0.385. The van der Waals surface area contributed by atoms with Gasteiger partial charge in [0.25, 0.3) is 0 Å². The normalized spacial score (nSPS) is 10.3. The van der Waals surface area contributed by atoms with Crippen LogP contribution in [0.1, 0.15) is 27.7 Å². The molecule has 0 aromatic heterocycles. The summed E-state index contributed by atoms with van der Waals surface area (Å²) in [5.41, 5.74) is 0.135. The summed E-state index contributed by atoms with van der Waals surface area (Å²) in [7, 11) is -3.72. The monoisotopic (exact) mass is 298 g/mol. The summed E-state index contributed by atoms with van der Waals surface area (Å²) < 4.78 is 37.6. The number of carbonyl (C=O) groups is 2. The summed E-state index contributed by atoms with van der Waals surface area (Å²) in [4.78, 5) is 22.8. The van der Waals surface area contributed by atoms with Crippen LogP contribution in [0.4, 0.5) is 0 Å². The van der Waals surface area contributed by atoms with Gasteiger partial charge in [0.2, 0.25) is 0 Å². The molecule has 0 bridgehead atoms. The van der Waals surface area contributed by atoms with Crippen molar-refractivity contribution in [2.45, 2.75) is 6.92 Å². The van der Waals surface area contributed by atoms with Crippen molar-refractivity contribution >= 4 is 22.3 Å². The van der Waals surface area contributed by atoms with E-state index in [0.29, 0.717) is 0 Å². The van der Waals surface area contributed by atoms with Crippen LogP contribution in [0.25, 0.3) is 0 Å². The maximum atomic E-state index is 11.4. The number of hydrogen-bond acceptors (Lipinski definition) is 6. The van der Waals surface area contributed by atoms with Gasteiger partial charge in [-0.3, -0.25) is 4.55 Å². The van der Waals surface area contributed by atoms with Gasteiger partial charge in [-0.05, 0) is 24.6 Å². The fourth-order valence-corrected chi connectivity index (χ4v) is 1.61. The molecule has 0 saturated carbocycles. The van der Waals surface area contributed by atoms with Crippen LogP contribution in [0.15, 0.2) is 18.2 Å². The first kappa shape index (κ1) is 18.1. The Hall–Kier alpha value is -0.930. The Labute approximate surface area is 133 Å². The van der Waals surface area contributed by atoms with E-state index in [4.69, 9.17) is 4.55 Å². The third-order valence-electron chi connectivity index (χ3n) is 2.14. The fraction of sp³-hybridized carbons (Fsp3) is 0.200. The van der Waals surface area contributed by atoms with Crippen molar-refractivity contribution in [3.8, 4) is 0 Å². The molecule has 1 rings (SSSR count). The minimum absolute atomic E-state index is 0. The zero-order chi connectivity index (χ0) is 13.9. The Morgan fingerprint density at radius 2 is 1.68 bits per heavy atom. The van der Waals surface area contributed by atoms with E-state index >= 15 is 0 Å². The molecule has 0 spiro atoms. The molecular formula is C10H11NaO7S. The predicted molar refractivity (Wildman–Crippen MR) is 60.6 cm³/mol. The minimum atomic E-state index is -4.89. The number of hydrogen-bond donors (Lipinski definition) is 1. The van der Waals surface area contributed by atoms with Gasteiger partial charge in [-0.25, -0.2) is 9.59 Å². The second kappa shape index (κ2) is 7.01. The van der Waals surface area contributed by atoms with E-state index in [1.54, 1.807) is 0 Å². The van der Waals surface area contributed by atoms with Crippen molar-refractivity contribution in [1.82, 2.24) is 0 Å². The van der Waals surface area contributed by atoms with E-state index in [-0.39, 0.29) is 47.7 Å². The molecule has 100 valence electrons. The van der Waals surface area contributed by atoms with Crippen LogP contribution < -0.4 is 29.6 Å². The summed E-state index contributed by atoms with van der Waals surface area (Å²) >= 11 is 0. The second-order valence-electron chi connectivity index (χ2n) is 3.27. The molecule has 1 aromatic rings. The number of ether oxygens (including phenoxy) is 1. The van der Waals surface area contributed by atoms with Crippen molar-refractivity contribution in [2.75, 3.05) is 7.11 Å². The van der Waals surface area contributed by atoms with Crippen molar-refractivity contribution in [2.24, 2.45) is 0 Å². The van der Waals surface area contributed by atoms with Gasteiger partial charge in [-0.2, -0.15) is 8.42 Å². The smallest absolute Gasteiger partial charge is 1.00 e. The first-order valence-electron chi connectivity index (χ1n) is 4.65. The summed E-state index contributed by atoms with van der Waals surface area (Å²) in [5, 5.41) is 0. The molecule has 0 aliphatic rings. The van der Waals surface area contributed by atoms with Gasteiger partial charge in [0, 0.05) is 0 Å². The molecule has 0 aliphatic heterocycles. The largest absolute Gasteiger partial charge is 1.00 e. The van der Waals surface area contributed by atoms with Gasteiger partial charge >= 0.3 is 51.9 Å². The zero-order valence-corrected chi connectivity index (χ0v) is 13.4. The molecule has 9 heteroatoms. The predicted octanol–water partition coefficient (Wildman–Crippen LogP) is -2.14. The molecule has 19 heavy (non-hydrogen) atoms. The molecule has 0 aliphatic carbocycles. The Kier molecular flexibility index (Phi) is 6.67.